The molecule has 1 aliphatic rings. The van der Waals surface area contributed by atoms with Gasteiger partial charge in [-0.1, -0.05) is 0 Å². The average Bonchev–Trinajstić information content (AvgIpc) is 2.03. The summed E-state index contributed by atoms with van der Waals surface area (Å²) >= 11 is 0. The van der Waals surface area contributed by atoms with E-state index in [2.05, 4.69) is 0 Å². The summed E-state index contributed by atoms with van der Waals surface area (Å²) < 4.78 is 36.5. The van der Waals surface area contributed by atoms with E-state index in [0.29, 0.717) is 13.0 Å². The molecule has 0 radical (unpaired) electrons. The zero-order chi connectivity index (χ0) is 9.14. The van der Waals surface area contributed by atoms with Crippen LogP contribution in [0, 0.1) is 0 Å². The molecule has 2 N–H and O–H groups in total. The molecule has 7 heteroatoms. The number of alkyl halides is 3. The summed E-state index contributed by atoms with van der Waals surface area (Å²) in [4.78, 5) is 1.11. The van der Waals surface area contributed by atoms with E-state index >= 15 is 0 Å². The third-order valence-electron chi connectivity index (χ3n) is 2.05. The predicted molar refractivity (Wildman–Crippen MR) is 54.2 cm³/mol. The number of likely N-dealkylation sites (tertiary alicyclic amines) is 1. The molecule has 1 fully saturated rings. The fourth-order valence-corrected chi connectivity index (χ4v) is 1.42. The monoisotopic (exact) mass is 254 g/mol. The van der Waals surface area contributed by atoms with Crippen LogP contribution in [0.2, 0.25) is 0 Å². The fraction of sp³-hybridized carbons (Fsp3) is 1.00. The van der Waals surface area contributed by atoms with Crippen LogP contribution in [-0.2, 0) is 0 Å². The van der Waals surface area contributed by atoms with Crippen molar-refractivity contribution >= 4 is 24.8 Å². The van der Waals surface area contributed by atoms with E-state index in [-0.39, 0.29) is 37.4 Å². The Morgan fingerprint density at radius 2 is 1.79 bits per heavy atom. The zero-order valence-corrected chi connectivity index (χ0v) is 9.17. The van der Waals surface area contributed by atoms with Crippen LogP contribution in [0.25, 0.3) is 0 Å². The molecule has 1 rings (SSSR count). The Kier molecular flexibility index (Phi) is 9.03. The van der Waals surface area contributed by atoms with Crippen molar-refractivity contribution in [2.24, 2.45) is 5.73 Å². The Morgan fingerprint density at radius 1 is 1.21 bits per heavy atom. The molecule has 2 unspecified atom stereocenters. The minimum atomic E-state index is -2.92. The van der Waals surface area contributed by atoms with Crippen molar-refractivity contribution in [3.05, 3.63) is 0 Å². The van der Waals surface area contributed by atoms with Gasteiger partial charge in [0.25, 0.3) is 6.43 Å². The third-order valence-corrected chi connectivity index (χ3v) is 2.05. The molecule has 0 aromatic carbocycles. The van der Waals surface area contributed by atoms with E-state index in [1.807, 2.05) is 0 Å². The highest BCUT2D eigenvalue weighted by molar-refractivity contribution is 5.85. The topological polar surface area (TPSA) is 29.3 Å². The maximum absolute atomic E-state index is 12.7. The van der Waals surface area contributed by atoms with Gasteiger partial charge in [-0.25, -0.2) is 13.2 Å². The highest BCUT2D eigenvalue weighted by atomic mass is 35.5. The van der Waals surface area contributed by atoms with Gasteiger partial charge in [-0.05, 0) is 12.8 Å². The van der Waals surface area contributed by atoms with Gasteiger partial charge >= 0.3 is 0 Å². The highest BCUT2D eigenvalue weighted by Crippen LogP contribution is 2.16. The molecule has 1 saturated heterocycles. The number of piperidine rings is 1. The van der Waals surface area contributed by atoms with Gasteiger partial charge in [-0.15, -0.1) is 24.8 Å². The van der Waals surface area contributed by atoms with Gasteiger partial charge in [0.05, 0.1) is 0 Å². The lowest BCUT2D eigenvalue weighted by Gasteiger charge is -2.32. The number of nitrogens with two attached hydrogens (primary N) is 1. The zero-order valence-electron chi connectivity index (χ0n) is 7.54. The van der Waals surface area contributed by atoms with Crippen molar-refractivity contribution in [2.45, 2.75) is 31.6 Å². The first-order chi connectivity index (χ1) is 5.61. The first-order valence-corrected chi connectivity index (χ1v) is 4.03. The van der Waals surface area contributed by atoms with E-state index < -0.39 is 12.7 Å². The van der Waals surface area contributed by atoms with Crippen molar-refractivity contribution in [1.82, 2.24) is 4.90 Å². The Bertz CT molecular complexity index is 151. The predicted octanol–water partition coefficient (Wildman–Crippen LogP) is 1.81. The summed E-state index contributed by atoms with van der Waals surface area (Å²) in [6.07, 6.45) is -3.56. The molecule has 88 valence electrons. The van der Waals surface area contributed by atoms with Crippen LogP contribution in [0.4, 0.5) is 13.2 Å². The quantitative estimate of drug-likeness (QED) is 0.762. The van der Waals surface area contributed by atoms with Crippen LogP contribution in [0.1, 0.15) is 12.8 Å². The van der Waals surface area contributed by atoms with Crippen LogP contribution < -0.4 is 5.73 Å². The minimum absolute atomic E-state index is 0. The minimum Gasteiger partial charge on any atom is -0.327 e. The number of hydrogen-bond donors (Lipinski definition) is 1. The van der Waals surface area contributed by atoms with Crippen molar-refractivity contribution in [3.63, 3.8) is 0 Å². The van der Waals surface area contributed by atoms with Gasteiger partial charge in [0.1, 0.15) is 0 Å². The molecule has 1 aliphatic heterocycles. The SMILES string of the molecule is Cl.Cl.NC1CCCN(C(F)C(F)F)C1. The lowest BCUT2D eigenvalue weighted by molar-refractivity contribution is -0.0581. The lowest BCUT2D eigenvalue weighted by Crippen LogP contribution is -2.48. The summed E-state index contributed by atoms with van der Waals surface area (Å²) in [5.41, 5.74) is 5.51. The van der Waals surface area contributed by atoms with Crippen molar-refractivity contribution in [3.8, 4) is 0 Å². The van der Waals surface area contributed by atoms with Crippen LogP contribution >= 0.6 is 24.8 Å². The second-order valence-electron chi connectivity index (χ2n) is 3.10. The Morgan fingerprint density at radius 3 is 2.21 bits per heavy atom. The normalized spacial score (nSPS) is 25.1. The standard InChI is InChI=1S/C7H13F3N2.2ClH/c8-6(9)7(10)12-3-1-2-5(11)4-12;;/h5-7H,1-4,11H2;2*1H. The summed E-state index contributed by atoms with van der Waals surface area (Å²) in [5, 5.41) is 0. The maximum atomic E-state index is 12.7. The van der Waals surface area contributed by atoms with Gasteiger partial charge in [0, 0.05) is 19.1 Å². The van der Waals surface area contributed by atoms with E-state index in [4.69, 9.17) is 5.73 Å². The summed E-state index contributed by atoms with van der Waals surface area (Å²) in [5.74, 6) is 0. The largest absolute Gasteiger partial charge is 0.327 e. The van der Waals surface area contributed by atoms with Gasteiger partial charge in [0.15, 0.2) is 0 Å². The maximum Gasteiger partial charge on any atom is 0.282 e. The first-order valence-electron chi connectivity index (χ1n) is 4.03. The van der Waals surface area contributed by atoms with Crippen molar-refractivity contribution in [1.29, 1.82) is 0 Å². The lowest BCUT2D eigenvalue weighted by atomic mass is 10.1. The molecule has 2 nitrogen and oxygen atoms in total. The van der Waals surface area contributed by atoms with E-state index in [1.54, 1.807) is 0 Å². The van der Waals surface area contributed by atoms with Crippen molar-refractivity contribution < 1.29 is 13.2 Å². The molecule has 0 aromatic heterocycles. The van der Waals surface area contributed by atoms with E-state index in [1.165, 1.54) is 0 Å². The molecule has 1 heterocycles. The first kappa shape index (κ1) is 16.7. The summed E-state index contributed by atoms with van der Waals surface area (Å²) in [6, 6.07) is -0.157. The van der Waals surface area contributed by atoms with Crippen LogP contribution in [0.15, 0.2) is 0 Å². The second-order valence-corrected chi connectivity index (χ2v) is 3.10. The third kappa shape index (κ3) is 4.68. The molecule has 0 spiro atoms. The number of rotatable bonds is 2. The van der Waals surface area contributed by atoms with Crippen LogP contribution in [-0.4, -0.2) is 36.8 Å². The molecular formula is C7H15Cl2F3N2. The second kappa shape index (κ2) is 7.56. The Hall–Kier alpha value is 0.290. The highest BCUT2D eigenvalue weighted by Gasteiger charge is 2.29. The summed E-state index contributed by atoms with van der Waals surface area (Å²) in [7, 11) is 0. The van der Waals surface area contributed by atoms with Crippen molar-refractivity contribution in [2.75, 3.05) is 13.1 Å². The molecular weight excluding hydrogens is 240 g/mol. The molecule has 14 heavy (non-hydrogen) atoms. The van der Waals surface area contributed by atoms with Gasteiger partial charge in [0.2, 0.25) is 6.30 Å². The van der Waals surface area contributed by atoms with Crippen LogP contribution in [0.3, 0.4) is 0 Å². The smallest absolute Gasteiger partial charge is 0.282 e. The van der Waals surface area contributed by atoms with Crippen LogP contribution in [0.5, 0.6) is 0 Å². The fourth-order valence-electron chi connectivity index (χ4n) is 1.42. The van der Waals surface area contributed by atoms with Gasteiger partial charge in [-0.2, -0.15) is 0 Å². The Balaban J connectivity index is 0. The Labute approximate surface area is 93.8 Å². The number of nitrogens with zero attached hydrogens (tertiary/aromatic N) is 1. The van der Waals surface area contributed by atoms with E-state index in [9.17, 15) is 13.2 Å². The molecule has 0 aliphatic carbocycles. The average molecular weight is 255 g/mol. The number of hydrogen-bond acceptors (Lipinski definition) is 2. The van der Waals surface area contributed by atoms with Gasteiger partial charge in [-0.3, -0.25) is 4.90 Å². The number of halogens is 5. The summed E-state index contributed by atoms with van der Waals surface area (Å²) in [6.45, 7) is 0.630. The molecule has 0 amide bonds. The molecule has 0 saturated carbocycles. The molecule has 2 atom stereocenters. The van der Waals surface area contributed by atoms with Gasteiger partial charge < -0.3 is 5.73 Å². The molecule has 0 aromatic rings. The molecule has 0 bridgehead atoms. The van der Waals surface area contributed by atoms with E-state index in [0.717, 1.165) is 11.3 Å².